The second kappa shape index (κ2) is 6.54. The van der Waals surface area contributed by atoms with Crippen molar-refractivity contribution in [2.75, 3.05) is 14.2 Å². The highest BCUT2D eigenvalue weighted by Gasteiger charge is 2.16. The Morgan fingerprint density at radius 3 is 2.52 bits per heavy atom. The summed E-state index contributed by atoms with van der Waals surface area (Å²) in [5.41, 5.74) is 7.05. The molecule has 21 heavy (non-hydrogen) atoms. The summed E-state index contributed by atoms with van der Waals surface area (Å²) in [4.78, 5) is 0. The van der Waals surface area contributed by atoms with E-state index in [4.69, 9.17) is 15.2 Å². The summed E-state index contributed by atoms with van der Waals surface area (Å²) in [6.07, 6.45) is 0.173. The fraction of sp³-hybridized carbons (Fsp3) is 0.250. The number of halogens is 2. The van der Waals surface area contributed by atoms with Crippen LogP contribution in [0.3, 0.4) is 0 Å². The zero-order chi connectivity index (χ0) is 15.4. The molecule has 1 atom stereocenters. The third-order valence-electron chi connectivity index (χ3n) is 3.31. The van der Waals surface area contributed by atoms with Crippen molar-refractivity contribution in [1.29, 1.82) is 0 Å². The van der Waals surface area contributed by atoms with Crippen molar-refractivity contribution < 1.29 is 18.3 Å². The molecule has 0 radical (unpaired) electrons. The molecule has 2 aromatic carbocycles. The fourth-order valence-electron chi connectivity index (χ4n) is 2.18. The lowest BCUT2D eigenvalue weighted by Crippen LogP contribution is -2.15. The summed E-state index contributed by atoms with van der Waals surface area (Å²) < 4.78 is 37.3. The van der Waals surface area contributed by atoms with Gasteiger partial charge in [-0.25, -0.2) is 8.78 Å². The lowest BCUT2D eigenvalue weighted by molar-refractivity contribution is 0.388. The zero-order valence-corrected chi connectivity index (χ0v) is 11.9. The number of rotatable bonds is 5. The fourth-order valence-corrected chi connectivity index (χ4v) is 2.18. The quantitative estimate of drug-likeness (QED) is 0.920. The normalized spacial score (nSPS) is 12.0. The van der Waals surface area contributed by atoms with E-state index < -0.39 is 17.7 Å². The number of benzene rings is 2. The first-order valence-corrected chi connectivity index (χ1v) is 6.47. The summed E-state index contributed by atoms with van der Waals surface area (Å²) in [5.74, 6) is -0.541. The van der Waals surface area contributed by atoms with Crippen molar-refractivity contribution in [3.63, 3.8) is 0 Å². The molecule has 0 amide bonds. The number of hydrogen-bond donors (Lipinski definition) is 1. The Balaban J connectivity index is 2.28. The Labute approximate surface area is 122 Å². The van der Waals surface area contributed by atoms with E-state index in [0.717, 1.165) is 6.07 Å². The van der Waals surface area contributed by atoms with Crippen LogP contribution in [-0.4, -0.2) is 14.2 Å². The first kappa shape index (κ1) is 15.3. The number of nitrogens with two attached hydrogens (primary N) is 1. The molecule has 5 heteroatoms. The van der Waals surface area contributed by atoms with E-state index in [1.807, 2.05) is 0 Å². The summed E-state index contributed by atoms with van der Waals surface area (Å²) >= 11 is 0. The van der Waals surface area contributed by atoms with Gasteiger partial charge in [-0.15, -0.1) is 0 Å². The molecule has 2 rings (SSSR count). The predicted octanol–water partition coefficient (Wildman–Crippen LogP) is 3.22. The van der Waals surface area contributed by atoms with Gasteiger partial charge in [0.25, 0.3) is 0 Å². The average Bonchev–Trinajstić information content (AvgIpc) is 2.51. The number of ether oxygens (including phenoxy) is 2. The predicted molar refractivity (Wildman–Crippen MR) is 76.5 cm³/mol. The summed E-state index contributed by atoms with van der Waals surface area (Å²) in [6.45, 7) is 0. The Hall–Kier alpha value is -2.14. The molecule has 3 nitrogen and oxygen atoms in total. The van der Waals surface area contributed by atoms with Crippen molar-refractivity contribution in [2.24, 2.45) is 5.73 Å². The van der Waals surface area contributed by atoms with Crippen molar-refractivity contribution in [3.8, 4) is 11.5 Å². The first-order valence-electron chi connectivity index (χ1n) is 6.47. The van der Waals surface area contributed by atoms with Gasteiger partial charge in [-0.2, -0.15) is 0 Å². The minimum Gasteiger partial charge on any atom is -0.497 e. The topological polar surface area (TPSA) is 44.5 Å². The van der Waals surface area contributed by atoms with Crippen LogP contribution in [0.2, 0.25) is 0 Å². The molecule has 0 fully saturated rings. The number of hydrogen-bond acceptors (Lipinski definition) is 3. The lowest BCUT2D eigenvalue weighted by Gasteiger charge is -2.17. The van der Waals surface area contributed by atoms with Crippen LogP contribution in [0.25, 0.3) is 0 Å². The molecule has 0 aliphatic carbocycles. The van der Waals surface area contributed by atoms with E-state index in [0.29, 0.717) is 17.1 Å². The van der Waals surface area contributed by atoms with E-state index in [9.17, 15) is 8.78 Å². The number of methoxy groups -OCH3 is 2. The second-order valence-corrected chi connectivity index (χ2v) is 4.63. The van der Waals surface area contributed by atoms with Crippen LogP contribution in [0, 0.1) is 11.6 Å². The summed E-state index contributed by atoms with van der Waals surface area (Å²) in [5, 5.41) is 0. The molecular formula is C16H17F2NO2. The van der Waals surface area contributed by atoms with Crippen LogP contribution < -0.4 is 15.2 Å². The molecule has 2 N–H and O–H groups in total. The van der Waals surface area contributed by atoms with Gasteiger partial charge in [0, 0.05) is 17.7 Å². The zero-order valence-electron chi connectivity index (χ0n) is 11.9. The van der Waals surface area contributed by atoms with Crippen LogP contribution in [0.5, 0.6) is 11.5 Å². The Kier molecular flexibility index (Phi) is 4.75. The van der Waals surface area contributed by atoms with Crippen LogP contribution in [0.15, 0.2) is 36.4 Å². The molecule has 0 saturated carbocycles. The minimum atomic E-state index is -0.874. The summed E-state index contributed by atoms with van der Waals surface area (Å²) in [6, 6.07) is 8.77. The van der Waals surface area contributed by atoms with Crippen LogP contribution in [0.1, 0.15) is 17.2 Å². The van der Waals surface area contributed by atoms with Gasteiger partial charge < -0.3 is 15.2 Å². The second-order valence-electron chi connectivity index (χ2n) is 4.63. The van der Waals surface area contributed by atoms with Crippen molar-refractivity contribution in [2.45, 2.75) is 12.5 Å². The highest BCUT2D eigenvalue weighted by Crippen LogP contribution is 2.30. The maximum Gasteiger partial charge on any atom is 0.162 e. The van der Waals surface area contributed by atoms with Gasteiger partial charge in [0.05, 0.1) is 14.2 Å². The van der Waals surface area contributed by atoms with Crippen LogP contribution in [0.4, 0.5) is 8.78 Å². The van der Waals surface area contributed by atoms with Gasteiger partial charge in [-0.05, 0) is 24.1 Å². The largest absolute Gasteiger partial charge is 0.497 e. The van der Waals surface area contributed by atoms with E-state index in [-0.39, 0.29) is 12.0 Å². The third kappa shape index (κ3) is 3.31. The monoisotopic (exact) mass is 293 g/mol. The average molecular weight is 293 g/mol. The van der Waals surface area contributed by atoms with Gasteiger partial charge in [0.15, 0.2) is 11.6 Å². The van der Waals surface area contributed by atoms with Crippen LogP contribution >= 0.6 is 0 Å². The van der Waals surface area contributed by atoms with Gasteiger partial charge in [0.1, 0.15) is 11.5 Å². The molecule has 0 aliphatic heterocycles. The van der Waals surface area contributed by atoms with Crippen molar-refractivity contribution >= 4 is 0 Å². The molecule has 0 bridgehead atoms. The van der Waals surface area contributed by atoms with Gasteiger partial charge in [-0.3, -0.25) is 0 Å². The molecule has 0 aromatic heterocycles. The molecule has 112 valence electrons. The molecule has 0 saturated heterocycles. The Morgan fingerprint density at radius 2 is 1.86 bits per heavy atom. The molecule has 0 heterocycles. The van der Waals surface area contributed by atoms with E-state index in [1.54, 1.807) is 25.3 Å². The van der Waals surface area contributed by atoms with Gasteiger partial charge >= 0.3 is 0 Å². The highest BCUT2D eigenvalue weighted by atomic mass is 19.2. The third-order valence-corrected chi connectivity index (χ3v) is 3.31. The minimum absolute atomic E-state index is 0.173. The smallest absolute Gasteiger partial charge is 0.162 e. The van der Waals surface area contributed by atoms with Gasteiger partial charge in [0.2, 0.25) is 0 Å². The molecule has 0 spiro atoms. The molecule has 0 aliphatic rings. The van der Waals surface area contributed by atoms with Crippen LogP contribution in [-0.2, 0) is 6.42 Å². The Morgan fingerprint density at radius 1 is 1.10 bits per heavy atom. The molecule has 1 unspecified atom stereocenters. The maximum atomic E-state index is 13.7. The highest BCUT2D eigenvalue weighted by molar-refractivity contribution is 5.43. The molecular weight excluding hydrogens is 276 g/mol. The SMILES string of the molecule is COc1ccc(C(N)Cc2cccc(F)c2F)c(OC)c1. The van der Waals surface area contributed by atoms with E-state index in [2.05, 4.69) is 0 Å². The first-order chi connectivity index (χ1) is 10.1. The van der Waals surface area contributed by atoms with E-state index >= 15 is 0 Å². The van der Waals surface area contributed by atoms with E-state index in [1.165, 1.54) is 19.2 Å². The Bertz CT molecular complexity index is 632. The van der Waals surface area contributed by atoms with Crippen molar-refractivity contribution in [1.82, 2.24) is 0 Å². The lowest BCUT2D eigenvalue weighted by atomic mass is 9.98. The maximum absolute atomic E-state index is 13.7. The van der Waals surface area contributed by atoms with Gasteiger partial charge in [-0.1, -0.05) is 18.2 Å². The standard InChI is InChI=1S/C16H17F2NO2/c1-20-11-6-7-12(15(9-11)21-2)14(19)8-10-4-3-5-13(17)16(10)18/h3-7,9,14H,8,19H2,1-2H3. The van der Waals surface area contributed by atoms with Crippen molar-refractivity contribution in [3.05, 3.63) is 59.2 Å². The molecule has 2 aromatic rings. The summed E-state index contributed by atoms with van der Waals surface area (Å²) in [7, 11) is 3.07.